The predicted molar refractivity (Wildman–Crippen MR) is 88.2 cm³/mol. The van der Waals surface area contributed by atoms with Crippen molar-refractivity contribution in [3.63, 3.8) is 0 Å². The summed E-state index contributed by atoms with van der Waals surface area (Å²) in [5, 5.41) is 12.9. The number of likely N-dealkylation sites (tertiary alicyclic amines) is 1. The molecule has 22 heavy (non-hydrogen) atoms. The number of piperidine rings is 1. The molecule has 1 aromatic carbocycles. The van der Waals surface area contributed by atoms with E-state index in [9.17, 15) is 9.90 Å². The number of aliphatic carboxylic acids is 1. The van der Waals surface area contributed by atoms with Crippen LogP contribution in [0.15, 0.2) is 29.6 Å². The molecular weight excluding hydrogens is 320 g/mol. The number of carboxylic acid groups (broad SMARTS) is 1. The molecule has 0 saturated carbocycles. The van der Waals surface area contributed by atoms with Crippen molar-refractivity contribution in [2.75, 3.05) is 6.54 Å². The van der Waals surface area contributed by atoms with Crippen LogP contribution in [-0.4, -0.2) is 33.5 Å². The summed E-state index contributed by atoms with van der Waals surface area (Å²) in [4.78, 5) is 18.0. The Balaban J connectivity index is 1.77. The molecule has 1 aliphatic heterocycles. The number of rotatable bonds is 4. The van der Waals surface area contributed by atoms with Gasteiger partial charge in [0.25, 0.3) is 0 Å². The van der Waals surface area contributed by atoms with Gasteiger partial charge in [0.05, 0.1) is 12.2 Å². The van der Waals surface area contributed by atoms with Crippen LogP contribution in [0.5, 0.6) is 0 Å². The van der Waals surface area contributed by atoms with Gasteiger partial charge in [0.15, 0.2) is 0 Å². The Bertz CT molecular complexity index is 674. The van der Waals surface area contributed by atoms with Gasteiger partial charge in [0, 0.05) is 16.0 Å². The first-order chi connectivity index (χ1) is 10.6. The summed E-state index contributed by atoms with van der Waals surface area (Å²) in [6, 6.07) is 7.24. The minimum Gasteiger partial charge on any atom is -0.480 e. The zero-order chi connectivity index (χ0) is 15.5. The van der Waals surface area contributed by atoms with E-state index in [1.165, 1.54) is 0 Å². The van der Waals surface area contributed by atoms with Crippen molar-refractivity contribution >= 4 is 28.9 Å². The van der Waals surface area contributed by atoms with Crippen molar-refractivity contribution in [1.29, 1.82) is 0 Å². The Hall–Kier alpha value is -1.43. The molecule has 0 amide bonds. The number of thiazole rings is 1. The van der Waals surface area contributed by atoms with Crippen molar-refractivity contribution in [3.05, 3.63) is 39.7 Å². The molecule has 3 rings (SSSR count). The minimum absolute atomic E-state index is 0.388. The van der Waals surface area contributed by atoms with E-state index in [1.807, 2.05) is 34.5 Å². The highest BCUT2D eigenvalue weighted by Crippen LogP contribution is 2.29. The fourth-order valence-electron chi connectivity index (χ4n) is 2.81. The first-order valence-electron chi connectivity index (χ1n) is 7.31. The third kappa shape index (κ3) is 3.32. The topological polar surface area (TPSA) is 53.4 Å². The first-order valence-corrected chi connectivity index (χ1v) is 8.57. The minimum atomic E-state index is -0.734. The number of benzene rings is 1. The van der Waals surface area contributed by atoms with Crippen LogP contribution >= 0.6 is 22.9 Å². The molecule has 0 bridgehead atoms. The van der Waals surface area contributed by atoms with Crippen LogP contribution in [-0.2, 0) is 11.3 Å². The number of hydrogen-bond acceptors (Lipinski definition) is 4. The van der Waals surface area contributed by atoms with E-state index in [0.29, 0.717) is 11.6 Å². The SMILES string of the molecule is O=C(O)C1CCCCN1Cc1nc(-c2ccccc2Cl)cs1. The molecule has 2 aromatic rings. The Kier molecular flexibility index (Phi) is 4.76. The van der Waals surface area contributed by atoms with Gasteiger partial charge in [-0.05, 0) is 25.5 Å². The monoisotopic (exact) mass is 336 g/mol. The standard InChI is InChI=1S/C16H17ClN2O2S/c17-12-6-2-1-5-11(12)13-10-22-15(18-13)9-19-8-4-3-7-14(19)16(20)21/h1-2,5-6,10,14H,3-4,7-9H2,(H,20,21). The number of aromatic nitrogens is 1. The van der Waals surface area contributed by atoms with Crippen LogP contribution in [0.25, 0.3) is 11.3 Å². The maximum absolute atomic E-state index is 11.4. The quantitative estimate of drug-likeness (QED) is 0.920. The molecule has 1 aromatic heterocycles. The Labute approximate surface area is 138 Å². The fraction of sp³-hybridized carbons (Fsp3) is 0.375. The van der Waals surface area contributed by atoms with Crippen molar-refractivity contribution in [1.82, 2.24) is 9.88 Å². The van der Waals surface area contributed by atoms with E-state index < -0.39 is 5.97 Å². The lowest BCUT2D eigenvalue weighted by molar-refractivity contribution is -0.144. The van der Waals surface area contributed by atoms with E-state index in [0.717, 1.165) is 42.1 Å². The normalized spacial score (nSPS) is 19.2. The van der Waals surface area contributed by atoms with Crippen LogP contribution < -0.4 is 0 Å². The largest absolute Gasteiger partial charge is 0.480 e. The van der Waals surface area contributed by atoms with Gasteiger partial charge in [-0.3, -0.25) is 9.69 Å². The number of carbonyl (C=O) groups is 1. The smallest absolute Gasteiger partial charge is 0.320 e. The molecule has 4 nitrogen and oxygen atoms in total. The molecule has 1 atom stereocenters. The lowest BCUT2D eigenvalue weighted by Crippen LogP contribution is -2.43. The molecule has 6 heteroatoms. The van der Waals surface area contributed by atoms with Gasteiger partial charge in [-0.15, -0.1) is 11.3 Å². The Morgan fingerprint density at radius 2 is 2.23 bits per heavy atom. The second kappa shape index (κ2) is 6.77. The highest BCUT2D eigenvalue weighted by Gasteiger charge is 2.28. The average molecular weight is 337 g/mol. The lowest BCUT2D eigenvalue weighted by atomic mass is 10.0. The van der Waals surface area contributed by atoms with Gasteiger partial charge in [-0.25, -0.2) is 4.98 Å². The molecule has 1 fully saturated rings. The van der Waals surface area contributed by atoms with Crippen LogP contribution in [0.3, 0.4) is 0 Å². The summed E-state index contributed by atoms with van der Waals surface area (Å²) in [5.74, 6) is -0.734. The Morgan fingerprint density at radius 3 is 3.00 bits per heavy atom. The van der Waals surface area contributed by atoms with Gasteiger partial charge in [-0.1, -0.05) is 36.2 Å². The van der Waals surface area contributed by atoms with E-state index in [4.69, 9.17) is 11.6 Å². The molecular formula is C16H17ClN2O2S. The first kappa shape index (κ1) is 15.5. The van der Waals surface area contributed by atoms with Crippen LogP contribution in [0.1, 0.15) is 24.3 Å². The predicted octanol–water partition coefficient (Wildman–Crippen LogP) is 3.90. The van der Waals surface area contributed by atoms with Crippen molar-refractivity contribution in [3.8, 4) is 11.3 Å². The molecule has 1 aliphatic rings. The molecule has 0 spiro atoms. The van der Waals surface area contributed by atoms with E-state index in [-0.39, 0.29) is 6.04 Å². The fourth-order valence-corrected chi connectivity index (χ4v) is 3.86. The summed E-state index contributed by atoms with van der Waals surface area (Å²) in [5.41, 5.74) is 1.77. The van der Waals surface area contributed by atoms with E-state index in [1.54, 1.807) is 11.3 Å². The maximum Gasteiger partial charge on any atom is 0.320 e. The molecule has 1 N–H and O–H groups in total. The third-order valence-corrected chi connectivity index (χ3v) is 5.10. The van der Waals surface area contributed by atoms with Gasteiger partial charge >= 0.3 is 5.97 Å². The van der Waals surface area contributed by atoms with Crippen LogP contribution in [0, 0.1) is 0 Å². The summed E-state index contributed by atoms with van der Waals surface area (Å²) >= 11 is 7.76. The van der Waals surface area contributed by atoms with Crippen LogP contribution in [0.4, 0.5) is 0 Å². The van der Waals surface area contributed by atoms with Crippen molar-refractivity contribution < 1.29 is 9.90 Å². The van der Waals surface area contributed by atoms with Crippen molar-refractivity contribution in [2.24, 2.45) is 0 Å². The molecule has 0 radical (unpaired) electrons. The summed E-state index contributed by atoms with van der Waals surface area (Å²) < 4.78 is 0. The summed E-state index contributed by atoms with van der Waals surface area (Å²) in [6.45, 7) is 1.41. The second-order valence-corrected chi connectivity index (χ2v) is 6.78. The van der Waals surface area contributed by atoms with Gasteiger partial charge < -0.3 is 5.11 Å². The Morgan fingerprint density at radius 1 is 1.41 bits per heavy atom. The summed E-state index contributed by atoms with van der Waals surface area (Å²) in [6.07, 6.45) is 2.75. The molecule has 1 unspecified atom stereocenters. The number of hydrogen-bond donors (Lipinski definition) is 1. The zero-order valence-electron chi connectivity index (χ0n) is 12.0. The maximum atomic E-state index is 11.4. The lowest BCUT2D eigenvalue weighted by Gasteiger charge is -2.31. The van der Waals surface area contributed by atoms with Crippen molar-refractivity contribution in [2.45, 2.75) is 31.8 Å². The van der Waals surface area contributed by atoms with Gasteiger partial charge in [0.1, 0.15) is 11.0 Å². The molecule has 2 heterocycles. The molecule has 0 aliphatic carbocycles. The molecule has 116 valence electrons. The summed E-state index contributed by atoms with van der Waals surface area (Å²) in [7, 11) is 0. The highest BCUT2D eigenvalue weighted by atomic mass is 35.5. The number of carboxylic acids is 1. The third-order valence-electron chi connectivity index (χ3n) is 3.94. The zero-order valence-corrected chi connectivity index (χ0v) is 13.6. The van der Waals surface area contributed by atoms with E-state index >= 15 is 0 Å². The second-order valence-electron chi connectivity index (χ2n) is 5.43. The molecule has 1 saturated heterocycles. The van der Waals surface area contributed by atoms with Gasteiger partial charge in [-0.2, -0.15) is 0 Å². The van der Waals surface area contributed by atoms with Crippen LogP contribution in [0.2, 0.25) is 5.02 Å². The average Bonchev–Trinajstić information content (AvgIpc) is 2.96. The van der Waals surface area contributed by atoms with Gasteiger partial charge in [0.2, 0.25) is 0 Å². The van der Waals surface area contributed by atoms with E-state index in [2.05, 4.69) is 4.98 Å². The highest BCUT2D eigenvalue weighted by molar-refractivity contribution is 7.09. The number of nitrogens with zero attached hydrogens (tertiary/aromatic N) is 2. The number of halogens is 1.